The van der Waals surface area contributed by atoms with Gasteiger partial charge in [0.15, 0.2) is 0 Å². The van der Waals surface area contributed by atoms with Crippen LogP contribution in [0.3, 0.4) is 0 Å². The highest BCUT2D eigenvalue weighted by Gasteiger charge is 2.30. The Labute approximate surface area is 395 Å². The van der Waals surface area contributed by atoms with Crippen molar-refractivity contribution in [3.63, 3.8) is 0 Å². The van der Waals surface area contributed by atoms with Gasteiger partial charge in [-0.25, -0.2) is 4.79 Å². The Hall–Kier alpha value is -7.03. The Morgan fingerprint density at radius 3 is 1.42 bits per heavy atom. The zero-order chi connectivity index (χ0) is 48.6. The Balaban J connectivity index is 0.000000223. The Morgan fingerprint density at radius 1 is 0.597 bits per heavy atom. The molecule has 0 aromatic heterocycles. The molecule has 7 N–H and O–H groups in total. The van der Waals surface area contributed by atoms with E-state index < -0.39 is 24.3 Å². The highest BCUT2D eigenvalue weighted by atomic mass is 16.6. The molecule has 0 radical (unpaired) electrons. The van der Waals surface area contributed by atoms with Gasteiger partial charge in [0.2, 0.25) is 11.8 Å². The van der Waals surface area contributed by atoms with Gasteiger partial charge in [-0.15, -0.1) is 0 Å². The molecule has 0 saturated carbocycles. The molecule has 5 aromatic carbocycles. The van der Waals surface area contributed by atoms with Gasteiger partial charge in [-0.1, -0.05) is 129 Å². The smallest absolute Gasteiger partial charge is 0.407 e. The van der Waals surface area contributed by atoms with Gasteiger partial charge in [-0.05, 0) is 102 Å². The molecule has 67 heavy (non-hydrogen) atoms. The van der Waals surface area contributed by atoms with Crippen molar-refractivity contribution in [1.29, 1.82) is 0 Å². The lowest BCUT2D eigenvalue weighted by atomic mass is 9.98. The van der Waals surface area contributed by atoms with Crippen LogP contribution in [0.4, 0.5) is 4.79 Å². The molecule has 0 spiro atoms. The number of alkyl carbamates (subject to hydrolysis) is 1. The summed E-state index contributed by atoms with van der Waals surface area (Å²) in [6, 6.07) is 40.6. The maximum absolute atomic E-state index is 12.4. The number of nitrogens with zero attached hydrogens (tertiary/aromatic N) is 1. The van der Waals surface area contributed by atoms with Gasteiger partial charge in [-0.2, -0.15) is 0 Å². The van der Waals surface area contributed by atoms with Crippen LogP contribution in [0.5, 0.6) is 0 Å². The highest BCUT2D eigenvalue weighted by molar-refractivity contribution is 5.97. The third-order valence-electron chi connectivity index (χ3n) is 11.2. The van der Waals surface area contributed by atoms with Crippen LogP contribution in [0.1, 0.15) is 84.0 Å². The minimum atomic E-state index is -0.603. The fraction of sp³-hybridized carbons (Fsp3) is 0.340. The second-order valence-corrected chi connectivity index (χ2v) is 15.3. The number of carbonyl (C=O) groups excluding carboxylic acids is 4. The first kappa shape index (κ1) is 52.6. The maximum atomic E-state index is 12.4. The van der Waals surface area contributed by atoms with Crippen molar-refractivity contribution in [1.82, 2.24) is 26.6 Å². The summed E-state index contributed by atoms with van der Waals surface area (Å²) in [6.07, 6.45) is 1.46. The summed E-state index contributed by atoms with van der Waals surface area (Å²) in [5.74, 6) is -0.558. The van der Waals surface area contributed by atoms with Crippen LogP contribution < -0.4 is 37.4 Å². The summed E-state index contributed by atoms with van der Waals surface area (Å²) < 4.78 is 10.7. The molecule has 0 saturated heterocycles. The first-order valence-electron chi connectivity index (χ1n) is 22.9. The third kappa shape index (κ3) is 14.7. The molecule has 14 heteroatoms. The van der Waals surface area contributed by atoms with Crippen molar-refractivity contribution in [2.24, 2.45) is 10.7 Å². The molecule has 0 bridgehead atoms. The molecule has 4 amide bonds. The molecule has 14 nitrogen and oxygen atoms in total. The Bertz CT molecular complexity index is 2280. The highest BCUT2D eigenvalue weighted by Crippen LogP contribution is 2.45. The topological polar surface area (TPSA) is 208 Å². The number of amides is 4. The normalized spacial score (nSPS) is 12.8. The van der Waals surface area contributed by atoms with Crippen molar-refractivity contribution >= 4 is 29.9 Å². The van der Waals surface area contributed by atoms with E-state index >= 15 is 0 Å². The van der Waals surface area contributed by atoms with Crippen LogP contribution in [0.15, 0.2) is 132 Å². The van der Waals surface area contributed by atoms with Gasteiger partial charge in [0.25, 0.3) is 5.91 Å². The van der Waals surface area contributed by atoms with Crippen molar-refractivity contribution in [3.8, 4) is 22.3 Å². The maximum Gasteiger partial charge on any atom is 0.407 e. The minimum Gasteiger partial charge on any atom is -0.599 e. The molecule has 7 rings (SSSR count). The monoisotopic (exact) mass is 913 g/mol. The van der Waals surface area contributed by atoms with Crippen molar-refractivity contribution in [2.75, 3.05) is 54.5 Å². The summed E-state index contributed by atoms with van der Waals surface area (Å²) in [7, 11) is 6.41. The number of hydrogen-bond donors (Lipinski definition) is 6. The average molecular weight is 913 g/mol. The van der Waals surface area contributed by atoms with E-state index in [9.17, 15) is 24.3 Å². The zero-order valence-electron chi connectivity index (χ0n) is 39.5. The van der Waals surface area contributed by atoms with E-state index in [0.717, 1.165) is 24.1 Å². The minimum absolute atomic E-state index is 0.000827. The number of carbonyl (C=O) groups is 4. The fourth-order valence-corrected chi connectivity index (χ4v) is 7.96. The zero-order valence-corrected chi connectivity index (χ0v) is 39.5. The predicted octanol–water partition coefficient (Wildman–Crippen LogP) is 6.10. The van der Waals surface area contributed by atoms with Crippen LogP contribution in [0.25, 0.3) is 22.3 Å². The van der Waals surface area contributed by atoms with E-state index in [1.165, 1.54) is 40.4 Å². The molecule has 2 atom stereocenters. The van der Waals surface area contributed by atoms with Crippen LogP contribution in [-0.2, 0) is 19.1 Å². The number of benzene rings is 5. The largest absolute Gasteiger partial charge is 0.599 e. The molecule has 2 aliphatic rings. The first-order valence-corrected chi connectivity index (χ1v) is 22.9. The lowest BCUT2D eigenvalue weighted by Crippen LogP contribution is -2.46. The van der Waals surface area contributed by atoms with Gasteiger partial charge in [0.1, 0.15) is 24.8 Å². The second kappa shape index (κ2) is 28.1. The summed E-state index contributed by atoms with van der Waals surface area (Å²) in [5, 5.41) is 24.8. The summed E-state index contributed by atoms with van der Waals surface area (Å²) in [4.78, 5) is 51.4. The molecule has 356 valence electrons. The third-order valence-corrected chi connectivity index (χ3v) is 11.2. The Morgan fingerprint density at radius 2 is 1.00 bits per heavy atom. The molecule has 2 aliphatic carbocycles. The lowest BCUT2D eigenvalue weighted by molar-refractivity contribution is -0.250. The number of ether oxygens (including phenoxy) is 2. The SMILES string of the molecule is CC.CN=C([O-])OCC1c2ccccc2-c2ccccc21.CNC(=O)C(CCCN)NC(=O)c1ccccc1.CNCCCC(NC(=O)OCC1c2ccccc2-c2ccccc21)C(=O)NC. The van der Waals surface area contributed by atoms with E-state index in [1.807, 2.05) is 75.5 Å². The predicted molar refractivity (Wildman–Crippen MR) is 264 cm³/mol. The van der Waals surface area contributed by atoms with Crippen LogP contribution >= 0.6 is 0 Å². The van der Waals surface area contributed by atoms with Gasteiger partial charge < -0.3 is 46.9 Å². The summed E-state index contributed by atoms with van der Waals surface area (Å²) in [6.45, 7) is 5.84. The molecular weight excluding hydrogens is 847 g/mol. The number of nitrogens with two attached hydrogens (primary N) is 1. The number of nitrogens with one attached hydrogen (secondary N) is 5. The van der Waals surface area contributed by atoms with Crippen molar-refractivity contribution in [3.05, 3.63) is 155 Å². The lowest BCUT2D eigenvalue weighted by Gasteiger charge is -2.20. The van der Waals surface area contributed by atoms with E-state index in [4.69, 9.17) is 15.2 Å². The second-order valence-electron chi connectivity index (χ2n) is 15.3. The number of rotatable bonds is 16. The van der Waals surface area contributed by atoms with Crippen LogP contribution in [0, 0.1) is 0 Å². The number of likely N-dealkylation sites (N-methyl/N-ethyl adjacent to an activating group) is 2. The van der Waals surface area contributed by atoms with Crippen LogP contribution in [-0.4, -0.2) is 96.5 Å². The molecule has 0 aliphatic heterocycles. The van der Waals surface area contributed by atoms with E-state index in [1.54, 1.807) is 38.4 Å². The molecule has 2 unspecified atom stereocenters. The Kier molecular flexibility index (Phi) is 22.1. The standard InChI is InChI=1S/C22H27N3O3.C16H15NO2.C13H19N3O2.C2H6/c1-23-13-7-12-20(21(26)24-2)25-22(27)28-14-19-17-10-5-3-8-15(17)16-9-4-6-11-18(16)19;1-17-16(18)19-10-15-13-8-4-2-6-11(13)12-7-3-5-9-14(12)15;1-15-13(18)11(8-5-9-14)16-12(17)10-6-3-2-4-7-10;1-2/h3-6,8-11,19-20,23H,7,12-14H2,1-2H3,(H,24,26)(H,25,27);2-9,15H,10H2,1H3,(H,17,18);2-4,6-7,11H,5,8-9,14H2,1H3,(H,15,18)(H,16,17);1-2H3/p-1. The molecule has 5 aromatic rings. The van der Waals surface area contributed by atoms with Crippen molar-refractivity contribution < 1.29 is 33.8 Å². The first-order chi connectivity index (χ1) is 32.6. The van der Waals surface area contributed by atoms with Gasteiger partial charge in [0, 0.05) is 45.1 Å². The van der Waals surface area contributed by atoms with Gasteiger partial charge >= 0.3 is 6.09 Å². The fourth-order valence-electron chi connectivity index (χ4n) is 7.96. The molecular formula is C53H66N7O7-. The summed E-state index contributed by atoms with van der Waals surface area (Å²) in [5.41, 5.74) is 15.5. The van der Waals surface area contributed by atoms with Crippen molar-refractivity contribution in [2.45, 2.75) is 63.5 Å². The number of aliphatic imine (C=N–C) groups is 1. The van der Waals surface area contributed by atoms with E-state index in [-0.39, 0.29) is 36.2 Å². The van der Waals surface area contributed by atoms with Gasteiger partial charge in [-0.3, -0.25) is 19.4 Å². The summed E-state index contributed by atoms with van der Waals surface area (Å²) >= 11 is 0. The molecule has 0 heterocycles. The number of hydrogen-bond acceptors (Lipinski definition) is 10. The van der Waals surface area contributed by atoms with E-state index in [2.05, 4.69) is 80.1 Å². The van der Waals surface area contributed by atoms with E-state index in [0.29, 0.717) is 38.0 Å². The van der Waals surface area contributed by atoms with Gasteiger partial charge in [0.05, 0.1) is 0 Å². The molecule has 0 fully saturated rings. The van der Waals surface area contributed by atoms with Crippen LogP contribution in [0.2, 0.25) is 0 Å². The average Bonchev–Trinajstić information content (AvgIpc) is 3.88. The quantitative estimate of drug-likeness (QED) is 0.0384. The number of fused-ring (bicyclic) bond motifs is 6.